The third-order valence-electron chi connectivity index (χ3n) is 4.30. The number of amides is 1. The summed E-state index contributed by atoms with van der Waals surface area (Å²) in [5.41, 5.74) is 0.576. The van der Waals surface area contributed by atoms with Crippen molar-refractivity contribution in [2.75, 3.05) is 31.1 Å². The highest BCUT2D eigenvalue weighted by molar-refractivity contribution is 8.18. The molecule has 1 amide bonds. The minimum atomic E-state index is -4.74. The molecule has 1 fully saturated rings. The summed E-state index contributed by atoms with van der Waals surface area (Å²) < 4.78 is 48.7. The van der Waals surface area contributed by atoms with Crippen LogP contribution >= 0.6 is 35.1 Å². The number of rotatable bonds is 3. The van der Waals surface area contributed by atoms with Gasteiger partial charge in [-0.3, -0.25) is 4.79 Å². The van der Waals surface area contributed by atoms with E-state index in [1.165, 1.54) is 36.0 Å². The van der Waals surface area contributed by atoms with E-state index < -0.39 is 6.36 Å². The molecule has 1 saturated heterocycles. The maximum absolute atomic E-state index is 12.3. The van der Waals surface area contributed by atoms with Gasteiger partial charge in [0.15, 0.2) is 16.1 Å². The summed E-state index contributed by atoms with van der Waals surface area (Å²) in [6, 6.07) is 5.29. The fraction of sp³-hybridized carbons (Fsp3) is 0.294. The Morgan fingerprint density at radius 2 is 1.73 bits per heavy atom. The Hall–Kier alpha value is -2.31. The quantitative estimate of drug-likeness (QED) is 0.624. The van der Waals surface area contributed by atoms with Crippen molar-refractivity contribution in [2.45, 2.75) is 6.36 Å². The van der Waals surface area contributed by atoms with Gasteiger partial charge in [-0.15, -0.1) is 13.2 Å². The van der Waals surface area contributed by atoms with E-state index in [9.17, 15) is 18.0 Å². The van der Waals surface area contributed by atoms with Crippen molar-refractivity contribution < 1.29 is 22.7 Å². The van der Waals surface area contributed by atoms with Crippen molar-refractivity contribution in [1.82, 2.24) is 13.6 Å². The summed E-state index contributed by atoms with van der Waals surface area (Å²) in [5, 5.41) is 0.985. The maximum atomic E-state index is 12.3. The van der Waals surface area contributed by atoms with Gasteiger partial charge < -0.3 is 14.5 Å². The summed E-state index contributed by atoms with van der Waals surface area (Å²) in [6.07, 6.45) is -3.15. The molecule has 0 saturated carbocycles. The van der Waals surface area contributed by atoms with Gasteiger partial charge in [0.2, 0.25) is 0 Å². The number of piperazine rings is 1. The SMILES string of the molecule is O=C1N=C(N2CCN(c3nsnc3Cl)CC2)SC1=Cc1ccc(OC(F)(F)F)cc1. The van der Waals surface area contributed by atoms with E-state index in [0.717, 1.165) is 11.7 Å². The van der Waals surface area contributed by atoms with Crippen LogP contribution in [0.4, 0.5) is 19.0 Å². The molecule has 4 rings (SSSR count). The molecule has 0 aliphatic carbocycles. The average molecular weight is 476 g/mol. The van der Waals surface area contributed by atoms with Gasteiger partial charge in [-0.05, 0) is 35.5 Å². The number of anilines is 1. The highest BCUT2D eigenvalue weighted by Gasteiger charge is 2.31. The average Bonchev–Trinajstić information content (AvgIpc) is 3.28. The van der Waals surface area contributed by atoms with Gasteiger partial charge in [0.05, 0.1) is 16.6 Å². The predicted molar refractivity (Wildman–Crippen MR) is 110 cm³/mol. The zero-order valence-corrected chi connectivity index (χ0v) is 17.5. The van der Waals surface area contributed by atoms with Gasteiger partial charge >= 0.3 is 6.36 Å². The molecule has 30 heavy (non-hydrogen) atoms. The Morgan fingerprint density at radius 1 is 1.07 bits per heavy atom. The molecule has 2 aliphatic heterocycles. The molecule has 0 spiro atoms. The van der Waals surface area contributed by atoms with Crippen LogP contribution in [0.3, 0.4) is 0 Å². The van der Waals surface area contributed by atoms with Gasteiger partial charge in [0.25, 0.3) is 5.91 Å². The van der Waals surface area contributed by atoms with Crippen LogP contribution in [0.25, 0.3) is 6.08 Å². The molecule has 13 heteroatoms. The van der Waals surface area contributed by atoms with Crippen molar-refractivity contribution in [1.29, 1.82) is 0 Å². The van der Waals surface area contributed by atoms with Crippen LogP contribution in [0.1, 0.15) is 5.56 Å². The molecule has 1 aromatic carbocycles. The number of benzene rings is 1. The molecular weight excluding hydrogens is 463 g/mol. The Bertz CT molecular complexity index is 1000. The lowest BCUT2D eigenvalue weighted by Crippen LogP contribution is -2.48. The summed E-state index contributed by atoms with van der Waals surface area (Å²) in [5.74, 6) is -0.0305. The fourth-order valence-electron chi connectivity index (χ4n) is 2.92. The van der Waals surface area contributed by atoms with Crippen molar-refractivity contribution in [3.05, 3.63) is 39.9 Å². The summed E-state index contributed by atoms with van der Waals surface area (Å²) in [7, 11) is 0. The minimum absolute atomic E-state index is 0.319. The number of aromatic nitrogens is 2. The van der Waals surface area contributed by atoms with Crippen LogP contribution in [-0.4, -0.2) is 57.3 Å². The standard InChI is InChI=1S/C17H13ClF3N5O2S2/c18-13-14(24-30-23-13)25-5-7-26(8-6-25)16-22-15(27)12(29-16)9-10-1-3-11(4-2-10)28-17(19,20)21/h1-4,9H,5-8H2. The second kappa shape index (κ2) is 8.44. The first kappa shape index (κ1) is 20.9. The summed E-state index contributed by atoms with van der Waals surface area (Å²) >= 11 is 8.33. The largest absolute Gasteiger partial charge is 0.573 e. The Kier molecular flexibility index (Phi) is 5.89. The molecule has 1 aromatic heterocycles. The van der Waals surface area contributed by atoms with Gasteiger partial charge in [-0.2, -0.15) is 13.7 Å². The molecule has 158 valence electrons. The molecule has 0 unspecified atom stereocenters. The first-order valence-electron chi connectivity index (χ1n) is 8.65. The zero-order valence-electron chi connectivity index (χ0n) is 15.1. The molecule has 7 nitrogen and oxygen atoms in total. The number of carbonyl (C=O) groups excluding carboxylic acids is 1. The van der Waals surface area contributed by atoms with Gasteiger partial charge in [0.1, 0.15) is 5.75 Å². The second-order valence-electron chi connectivity index (χ2n) is 6.28. The minimum Gasteiger partial charge on any atom is -0.406 e. The van der Waals surface area contributed by atoms with Crippen LogP contribution in [0.5, 0.6) is 5.75 Å². The molecule has 0 bridgehead atoms. The lowest BCUT2D eigenvalue weighted by Gasteiger charge is -2.35. The maximum Gasteiger partial charge on any atom is 0.573 e. The number of ether oxygens (including phenoxy) is 1. The van der Waals surface area contributed by atoms with Crippen molar-refractivity contribution in [2.24, 2.45) is 4.99 Å². The van der Waals surface area contributed by atoms with E-state index in [0.29, 0.717) is 52.8 Å². The summed E-state index contributed by atoms with van der Waals surface area (Å²) in [6.45, 7) is 2.62. The fourth-order valence-corrected chi connectivity index (χ4v) is 4.66. The summed E-state index contributed by atoms with van der Waals surface area (Å²) in [4.78, 5) is 20.8. The Morgan fingerprint density at radius 3 is 2.33 bits per heavy atom. The number of carbonyl (C=O) groups is 1. The van der Waals surface area contributed by atoms with E-state index >= 15 is 0 Å². The molecular formula is C17H13ClF3N5O2S2. The first-order chi connectivity index (χ1) is 14.3. The second-order valence-corrected chi connectivity index (χ2v) is 8.18. The Labute approximate surface area is 182 Å². The highest BCUT2D eigenvalue weighted by atomic mass is 35.5. The van der Waals surface area contributed by atoms with Crippen LogP contribution in [-0.2, 0) is 4.79 Å². The third-order valence-corrected chi connectivity index (χ3v) is 6.22. The van der Waals surface area contributed by atoms with Crippen molar-refractivity contribution >= 4 is 58.1 Å². The van der Waals surface area contributed by atoms with E-state index in [1.807, 2.05) is 9.80 Å². The molecule has 0 N–H and O–H groups in total. The number of aliphatic imine (C=N–C) groups is 1. The van der Waals surface area contributed by atoms with Crippen molar-refractivity contribution in [3.8, 4) is 5.75 Å². The number of hydrogen-bond acceptors (Lipinski definition) is 8. The number of halogens is 4. The normalized spacial score (nSPS) is 18.9. The number of nitrogens with zero attached hydrogens (tertiary/aromatic N) is 5. The molecule has 0 radical (unpaired) electrons. The zero-order chi connectivity index (χ0) is 21.3. The molecule has 2 aliphatic rings. The van der Waals surface area contributed by atoms with Gasteiger partial charge in [-0.25, -0.2) is 0 Å². The Balaban J connectivity index is 1.37. The van der Waals surface area contributed by atoms with Gasteiger partial charge in [0, 0.05) is 26.2 Å². The molecule has 2 aromatic rings. The van der Waals surface area contributed by atoms with E-state index in [2.05, 4.69) is 18.5 Å². The molecule has 3 heterocycles. The number of thioether (sulfide) groups is 1. The van der Waals surface area contributed by atoms with E-state index in [-0.39, 0.29) is 11.7 Å². The van der Waals surface area contributed by atoms with E-state index in [4.69, 9.17) is 11.6 Å². The van der Waals surface area contributed by atoms with Crippen LogP contribution in [0.2, 0.25) is 5.15 Å². The first-order valence-corrected chi connectivity index (χ1v) is 10.6. The highest BCUT2D eigenvalue weighted by Crippen LogP contribution is 2.32. The van der Waals surface area contributed by atoms with Crippen LogP contribution in [0.15, 0.2) is 34.2 Å². The number of hydrogen-bond donors (Lipinski definition) is 0. The number of amidine groups is 1. The lowest BCUT2D eigenvalue weighted by atomic mass is 10.2. The predicted octanol–water partition coefficient (Wildman–Crippen LogP) is 3.88. The van der Waals surface area contributed by atoms with Gasteiger partial charge in [-0.1, -0.05) is 23.7 Å². The van der Waals surface area contributed by atoms with Crippen LogP contribution < -0.4 is 9.64 Å². The smallest absolute Gasteiger partial charge is 0.406 e. The van der Waals surface area contributed by atoms with E-state index in [1.54, 1.807) is 6.08 Å². The number of alkyl halides is 3. The van der Waals surface area contributed by atoms with Crippen molar-refractivity contribution in [3.63, 3.8) is 0 Å². The topological polar surface area (TPSA) is 70.9 Å². The lowest BCUT2D eigenvalue weighted by molar-refractivity contribution is -0.274. The molecule has 0 atom stereocenters. The van der Waals surface area contributed by atoms with Crippen LogP contribution in [0, 0.1) is 0 Å². The third kappa shape index (κ3) is 4.87. The monoisotopic (exact) mass is 475 g/mol.